The molecule has 0 saturated heterocycles. The van der Waals surface area contributed by atoms with Crippen LogP contribution in [0.3, 0.4) is 0 Å². The lowest BCUT2D eigenvalue weighted by Crippen LogP contribution is -2.28. The van der Waals surface area contributed by atoms with Crippen LogP contribution in [-0.2, 0) is 0 Å². The van der Waals surface area contributed by atoms with E-state index < -0.39 is 6.10 Å². The highest BCUT2D eigenvalue weighted by atomic mass is 16.3. The van der Waals surface area contributed by atoms with Crippen molar-refractivity contribution in [2.45, 2.75) is 32.9 Å². The Morgan fingerprint density at radius 1 is 1.38 bits per heavy atom. The maximum atomic E-state index is 12.1. The molecule has 1 unspecified atom stereocenters. The lowest BCUT2D eigenvalue weighted by molar-refractivity contribution is 0.0915. The van der Waals surface area contributed by atoms with Crippen molar-refractivity contribution in [2.75, 3.05) is 6.54 Å². The quantitative estimate of drug-likeness (QED) is 0.876. The van der Waals surface area contributed by atoms with Crippen molar-refractivity contribution in [1.29, 1.82) is 0 Å². The highest BCUT2D eigenvalue weighted by molar-refractivity contribution is 5.95. The highest BCUT2D eigenvalue weighted by Gasteiger charge is 2.16. The number of hydrogen-bond acceptors (Lipinski definition) is 4. The van der Waals surface area contributed by atoms with Gasteiger partial charge >= 0.3 is 0 Å². The van der Waals surface area contributed by atoms with Crippen molar-refractivity contribution in [3.63, 3.8) is 0 Å². The van der Waals surface area contributed by atoms with Gasteiger partial charge in [-0.3, -0.25) is 14.5 Å². The summed E-state index contributed by atoms with van der Waals surface area (Å²) in [6.45, 7) is 6.03. The standard InChI is InChI=1S/C15H20N4O2/c1-10(2)19-11(3)13(8-18-19)15(21)17-9-14(20)12-4-6-16-7-5-12/h4-8,10,14,20H,9H2,1-3H3,(H,17,21). The van der Waals surface area contributed by atoms with Crippen LogP contribution < -0.4 is 5.32 Å². The average Bonchev–Trinajstić information content (AvgIpc) is 2.87. The number of nitrogens with one attached hydrogen (secondary N) is 1. The first kappa shape index (κ1) is 15.2. The third-order valence-corrected chi connectivity index (χ3v) is 3.33. The van der Waals surface area contributed by atoms with Gasteiger partial charge in [-0.15, -0.1) is 0 Å². The zero-order chi connectivity index (χ0) is 15.4. The Morgan fingerprint density at radius 2 is 2.05 bits per heavy atom. The number of aliphatic hydroxyl groups is 1. The summed E-state index contributed by atoms with van der Waals surface area (Å²) in [6, 6.07) is 3.64. The van der Waals surface area contributed by atoms with Gasteiger partial charge in [-0.25, -0.2) is 0 Å². The number of aromatic nitrogens is 3. The van der Waals surface area contributed by atoms with E-state index in [1.165, 1.54) is 0 Å². The van der Waals surface area contributed by atoms with E-state index in [-0.39, 0.29) is 18.5 Å². The van der Waals surface area contributed by atoms with Crippen molar-refractivity contribution in [2.24, 2.45) is 0 Å². The molecule has 2 heterocycles. The average molecular weight is 288 g/mol. The van der Waals surface area contributed by atoms with Gasteiger partial charge in [0.25, 0.3) is 5.91 Å². The van der Waals surface area contributed by atoms with E-state index in [2.05, 4.69) is 15.4 Å². The second-order valence-electron chi connectivity index (χ2n) is 5.19. The van der Waals surface area contributed by atoms with Crippen molar-refractivity contribution in [1.82, 2.24) is 20.1 Å². The summed E-state index contributed by atoms with van der Waals surface area (Å²) in [5.41, 5.74) is 2.08. The van der Waals surface area contributed by atoms with Crippen LogP contribution in [0.1, 0.15) is 47.6 Å². The van der Waals surface area contributed by atoms with Crippen molar-refractivity contribution >= 4 is 5.91 Å². The van der Waals surface area contributed by atoms with E-state index in [9.17, 15) is 9.90 Å². The van der Waals surface area contributed by atoms with E-state index in [0.29, 0.717) is 5.56 Å². The lowest BCUT2D eigenvalue weighted by atomic mass is 10.1. The molecule has 1 amide bonds. The van der Waals surface area contributed by atoms with E-state index >= 15 is 0 Å². The van der Waals surface area contributed by atoms with Crippen LogP contribution in [0.5, 0.6) is 0 Å². The van der Waals surface area contributed by atoms with Crippen LogP contribution >= 0.6 is 0 Å². The van der Waals surface area contributed by atoms with Gasteiger partial charge in [-0.2, -0.15) is 5.10 Å². The molecule has 0 spiro atoms. The van der Waals surface area contributed by atoms with Crippen LogP contribution in [0.4, 0.5) is 0 Å². The number of carbonyl (C=O) groups excluding carboxylic acids is 1. The van der Waals surface area contributed by atoms with Gasteiger partial charge in [0.05, 0.1) is 17.9 Å². The second-order valence-corrected chi connectivity index (χ2v) is 5.19. The molecule has 0 radical (unpaired) electrons. The molecule has 0 aliphatic heterocycles. The lowest BCUT2D eigenvalue weighted by Gasteiger charge is -2.12. The predicted octanol–water partition coefficient (Wildman–Crippen LogP) is 1.63. The SMILES string of the molecule is Cc1c(C(=O)NCC(O)c2ccncc2)cnn1C(C)C. The first-order valence-corrected chi connectivity index (χ1v) is 6.91. The maximum Gasteiger partial charge on any atom is 0.254 e. The minimum atomic E-state index is -0.752. The topological polar surface area (TPSA) is 80.0 Å². The Bertz CT molecular complexity index is 607. The van der Waals surface area contributed by atoms with Crippen molar-refractivity contribution < 1.29 is 9.90 Å². The Kier molecular flexibility index (Phi) is 4.70. The van der Waals surface area contributed by atoms with E-state index in [4.69, 9.17) is 0 Å². The molecule has 0 fully saturated rings. The number of pyridine rings is 1. The largest absolute Gasteiger partial charge is 0.387 e. The summed E-state index contributed by atoms with van der Waals surface area (Å²) in [5, 5.41) is 16.9. The zero-order valence-corrected chi connectivity index (χ0v) is 12.4. The Morgan fingerprint density at radius 3 is 2.62 bits per heavy atom. The first-order chi connectivity index (χ1) is 10.0. The molecular formula is C15H20N4O2. The van der Waals surface area contributed by atoms with Crippen LogP contribution in [0.25, 0.3) is 0 Å². The van der Waals surface area contributed by atoms with E-state index in [1.807, 2.05) is 20.8 Å². The molecule has 2 rings (SSSR count). The molecule has 6 heteroatoms. The Hall–Kier alpha value is -2.21. The third-order valence-electron chi connectivity index (χ3n) is 3.33. The summed E-state index contributed by atoms with van der Waals surface area (Å²) in [6.07, 6.45) is 4.02. The summed E-state index contributed by atoms with van der Waals surface area (Å²) in [5.74, 6) is -0.229. The number of amides is 1. The molecule has 2 aromatic heterocycles. The summed E-state index contributed by atoms with van der Waals surface area (Å²) >= 11 is 0. The van der Waals surface area contributed by atoms with Gasteiger partial charge in [0, 0.05) is 30.7 Å². The molecule has 0 bridgehead atoms. The molecule has 0 aliphatic rings. The minimum absolute atomic E-state index is 0.148. The normalized spacial score (nSPS) is 12.4. The molecule has 0 saturated carbocycles. The Balaban J connectivity index is 1.99. The molecule has 1 atom stereocenters. The third kappa shape index (κ3) is 3.46. The fourth-order valence-corrected chi connectivity index (χ4v) is 2.15. The van der Waals surface area contributed by atoms with Gasteiger partial charge in [0.15, 0.2) is 0 Å². The fourth-order valence-electron chi connectivity index (χ4n) is 2.15. The van der Waals surface area contributed by atoms with Gasteiger partial charge in [0.1, 0.15) is 0 Å². The van der Waals surface area contributed by atoms with Gasteiger partial charge < -0.3 is 10.4 Å². The Labute approximate surface area is 123 Å². The number of nitrogens with zero attached hydrogens (tertiary/aromatic N) is 3. The number of rotatable bonds is 5. The van der Waals surface area contributed by atoms with Crippen molar-refractivity contribution in [3.05, 3.63) is 47.5 Å². The predicted molar refractivity (Wildman–Crippen MR) is 78.9 cm³/mol. The minimum Gasteiger partial charge on any atom is -0.387 e. The van der Waals surface area contributed by atoms with E-state index in [1.54, 1.807) is 35.4 Å². The molecule has 112 valence electrons. The highest BCUT2D eigenvalue weighted by Crippen LogP contribution is 2.14. The molecule has 0 aliphatic carbocycles. The van der Waals surface area contributed by atoms with Crippen LogP contribution in [0.15, 0.2) is 30.7 Å². The monoisotopic (exact) mass is 288 g/mol. The number of aliphatic hydroxyl groups excluding tert-OH is 1. The smallest absolute Gasteiger partial charge is 0.254 e. The van der Waals surface area contributed by atoms with Gasteiger partial charge in [-0.1, -0.05) is 0 Å². The first-order valence-electron chi connectivity index (χ1n) is 6.91. The molecular weight excluding hydrogens is 268 g/mol. The van der Waals surface area contributed by atoms with Gasteiger partial charge in [-0.05, 0) is 38.5 Å². The summed E-state index contributed by atoms with van der Waals surface area (Å²) in [4.78, 5) is 16.0. The number of carbonyl (C=O) groups is 1. The second kappa shape index (κ2) is 6.49. The molecule has 6 nitrogen and oxygen atoms in total. The summed E-state index contributed by atoms with van der Waals surface area (Å²) < 4.78 is 1.80. The van der Waals surface area contributed by atoms with Gasteiger partial charge in [0.2, 0.25) is 0 Å². The zero-order valence-electron chi connectivity index (χ0n) is 12.4. The summed E-state index contributed by atoms with van der Waals surface area (Å²) in [7, 11) is 0. The van der Waals surface area contributed by atoms with E-state index in [0.717, 1.165) is 11.3 Å². The molecule has 0 aromatic carbocycles. The van der Waals surface area contributed by atoms with Crippen LogP contribution in [0, 0.1) is 6.92 Å². The van der Waals surface area contributed by atoms with Crippen LogP contribution in [-0.4, -0.2) is 32.3 Å². The maximum absolute atomic E-state index is 12.1. The molecule has 21 heavy (non-hydrogen) atoms. The van der Waals surface area contributed by atoms with Crippen molar-refractivity contribution in [3.8, 4) is 0 Å². The fraction of sp³-hybridized carbons (Fsp3) is 0.400. The molecule has 2 N–H and O–H groups in total. The molecule has 2 aromatic rings. The number of hydrogen-bond donors (Lipinski definition) is 2. The van der Waals surface area contributed by atoms with Crippen LogP contribution in [0.2, 0.25) is 0 Å².